The summed E-state index contributed by atoms with van der Waals surface area (Å²) in [5, 5.41) is 23.0. The van der Waals surface area contributed by atoms with Gasteiger partial charge in [0.2, 0.25) is 0 Å². The molecule has 0 aliphatic carbocycles. The Bertz CT molecular complexity index is 2680. The Kier molecular flexibility index (Phi) is 13.5. The van der Waals surface area contributed by atoms with Gasteiger partial charge in [0.1, 0.15) is 47.0 Å². The third-order valence-corrected chi connectivity index (χ3v) is 16.7. The van der Waals surface area contributed by atoms with E-state index in [-0.39, 0.29) is 22.3 Å². The number of fused-ring (bicyclic) bond motifs is 2. The number of primary amides is 2. The SMILES string of the molecule is CC1(C)S[C@@H]2[C@H](N(C(=O)c3ccc(Sc4ccc(C(=O)N(C(=O)C(NC(N)=O)c5ccccc5)[C@@H]5C(=O)N6[C@@H]5SC(C)(C)[C@@H]6C(=O)O)cc4)cc3)C(=O)C(NC(N)=O)c3ccccc3)C(=O)N2[C@H]1C(=O)O. The molecule has 4 aliphatic heterocycles. The van der Waals surface area contributed by atoms with E-state index in [4.69, 9.17) is 11.5 Å². The molecular formula is C48H46N8O12S3. The number of nitrogens with one attached hydrogen (secondary N) is 2. The summed E-state index contributed by atoms with van der Waals surface area (Å²) in [6.07, 6.45) is 0. The van der Waals surface area contributed by atoms with Crippen molar-refractivity contribution in [3.63, 3.8) is 0 Å². The Hall–Kier alpha value is -7.37. The summed E-state index contributed by atoms with van der Waals surface area (Å²) in [4.78, 5) is 140. The lowest BCUT2D eigenvalue weighted by atomic mass is 9.94. The molecule has 0 aromatic heterocycles. The number of benzene rings is 4. The number of imide groups is 2. The van der Waals surface area contributed by atoms with Crippen LogP contribution < -0.4 is 22.1 Å². The van der Waals surface area contributed by atoms with Crippen molar-refractivity contribution in [2.75, 3.05) is 0 Å². The lowest BCUT2D eigenvalue weighted by Crippen LogP contribution is -2.72. The van der Waals surface area contributed by atoms with Gasteiger partial charge >= 0.3 is 24.0 Å². The van der Waals surface area contributed by atoms with Crippen molar-refractivity contribution in [3.05, 3.63) is 131 Å². The fraction of sp³-hybridized carbons (Fsp3) is 0.292. The van der Waals surface area contributed by atoms with Crippen LogP contribution in [0.1, 0.15) is 71.6 Å². The van der Waals surface area contributed by atoms with Crippen molar-refractivity contribution in [2.45, 2.75) is 94.0 Å². The maximum absolute atomic E-state index is 14.6. The fourth-order valence-corrected chi connectivity index (χ4v) is 13.5. The zero-order valence-corrected chi connectivity index (χ0v) is 40.6. The van der Waals surface area contributed by atoms with E-state index in [9.17, 15) is 58.2 Å². The van der Waals surface area contributed by atoms with Gasteiger partial charge in [-0.25, -0.2) is 19.2 Å². The topological polar surface area (TPSA) is 300 Å². The minimum Gasteiger partial charge on any atom is -0.480 e. The van der Waals surface area contributed by atoms with Crippen molar-refractivity contribution in [3.8, 4) is 0 Å². The molecule has 23 heteroatoms. The Labute approximate surface area is 418 Å². The van der Waals surface area contributed by atoms with Crippen LogP contribution in [0.5, 0.6) is 0 Å². The predicted molar refractivity (Wildman–Crippen MR) is 258 cm³/mol. The maximum atomic E-state index is 14.6. The number of carbonyl (C=O) groups excluding carboxylic acids is 8. The summed E-state index contributed by atoms with van der Waals surface area (Å²) in [7, 11) is 0. The number of nitrogens with two attached hydrogens (primary N) is 2. The van der Waals surface area contributed by atoms with Gasteiger partial charge in [-0.15, -0.1) is 23.5 Å². The van der Waals surface area contributed by atoms with Gasteiger partial charge in [0, 0.05) is 30.4 Å². The number of carboxylic acids is 2. The summed E-state index contributed by atoms with van der Waals surface area (Å²) in [6.45, 7) is 6.61. The van der Waals surface area contributed by atoms with Crippen molar-refractivity contribution in [1.29, 1.82) is 0 Å². The average Bonchev–Trinajstić information content (AvgIpc) is 3.74. The maximum Gasteiger partial charge on any atom is 0.327 e. The van der Waals surface area contributed by atoms with Crippen LogP contribution in [0.15, 0.2) is 119 Å². The van der Waals surface area contributed by atoms with E-state index >= 15 is 0 Å². The molecule has 4 saturated heterocycles. The first-order chi connectivity index (χ1) is 33.5. The quantitative estimate of drug-likeness (QED) is 0.0984. The fourth-order valence-electron chi connectivity index (χ4n) is 9.36. The van der Waals surface area contributed by atoms with Crippen molar-refractivity contribution < 1.29 is 58.2 Å². The Balaban J connectivity index is 1.05. The zero-order chi connectivity index (χ0) is 51.4. The Morgan fingerprint density at radius 2 is 0.887 bits per heavy atom. The van der Waals surface area contributed by atoms with Gasteiger partial charge in [-0.2, -0.15) is 0 Å². The van der Waals surface area contributed by atoms with Crippen LogP contribution >= 0.6 is 35.3 Å². The molecule has 0 spiro atoms. The number of hydrogen-bond acceptors (Lipinski definition) is 13. The molecule has 0 bridgehead atoms. The number of carbonyl (C=O) groups is 10. The second kappa shape index (κ2) is 19.1. The number of nitrogens with zero attached hydrogens (tertiary/aromatic N) is 4. The number of thioether (sulfide) groups is 2. The molecule has 10 amide bonds. The highest BCUT2D eigenvalue weighted by molar-refractivity contribution is 8.02. The first-order valence-corrected chi connectivity index (χ1v) is 24.4. The number of β-lactam (4-membered cyclic amide) rings is 2. The number of carboxylic acid groups (broad SMARTS) is 2. The first kappa shape index (κ1) is 50.0. The summed E-state index contributed by atoms with van der Waals surface area (Å²) in [5.41, 5.74) is 11.5. The first-order valence-electron chi connectivity index (χ1n) is 21.8. The van der Waals surface area contributed by atoms with Crippen LogP contribution in [0.4, 0.5) is 9.59 Å². The number of rotatable bonds is 14. The number of amides is 10. The summed E-state index contributed by atoms with van der Waals surface area (Å²) in [5.74, 6) is -7.77. The lowest BCUT2D eigenvalue weighted by Gasteiger charge is -2.48. The number of urea groups is 2. The summed E-state index contributed by atoms with van der Waals surface area (Å²) < 4.78 is -1.98. The van der Waals surface area contributed by atoms with Crippen LogP contribution in [-0.4, -0.2) is 134 Å². The second-order valence-electron chi connectivity index (χ2n) is 18.0. The third kappa shape index (κ3) is 9.15. The number of aliphatic carboxylic acids is 2. The molecule has 8 rings (SSSR count). The van der Waals surface area contributed by atoms with E-state index in [1.807, 2.05) is 0 Å². The van der Waals surface area contributed by atoms with Crippen LogP contribution in [0.3, 0.4) is 0 Å². The molecule has 8 atom stereocenters. The van der Waals surface area contributed by atoms with Gasteiger partial charge < -0.3 is 42.1 Å². The van der Waals surface area contributed by atoms with Crippen molar-refractivity contribution in [1.82, 2.24) is 30.2 Å². The monoisotopic (exact) mass is 1020 g/mol. The lowest BCUT2D eigenvalue weighted by molar-refractivity contribution is -0.166. The summed E-state index contributed by atoms with van der Waals surface area (Å²) in [6, 6.07) is 17.5. The molecule has 368 valence electrons. The molecule has 71 heavy (non-hydrogen) atoms. The molecule has 2 unspecified atom stereocenters. The van der Waals surface area contributed by atoms with E-state index < -0.39 is 116 Å². The molecular weight excluding hydrogens is 977 g/mol. The standard InChI is InChI=1S/C48H46N8O12S3/c1-47(2)33(43(63)64)55-39(61)31(41(55)70-47)53(37(59)29(51-45(49)67)23-11-7-5-8-12-23)35(57)25-15-19-27(20-16-25)69-28-21-17-26(18-22-28)36(58)54(38(60)30(52-46(50)68)24-13-9-6-10-14-24)32-40(62)56-34(44(65)66)48(3,4)71-42(32)56/h5-22,29-34,41-42H,1-4H3,(H,63,64)(H,65,66)(H3,49,51,67)(H3,50,52,68)/t29?,30?,31-,32-,33+,34+,41-,42-/m1/s1. The molecule has 8 N–H and O–H groups in total. The van der Waals surface area contributed by atoms with Crippen LogP contribution in [-0.2, 0) is 28.8 Å². The van der Waals surface area contributed by atoms with Gasteiger partial charge in [-0.1, -0.05) is 72.4 Å². The summed E-state index contributed by atoms with van der Waals surface area (Å²) >= 11 is 3.47. The average molecular weight is 1020 g/mol. The van der Waals surface area contributed by atoms with Gasteiger partial charge in [0.15, 0.2) is 0 Å². The van der Waals surface area contributed by atoms with E-state index in [1.54, 1.807) is 88.4 Å². The highest BCUT2D eigenvalue weighted by Gasteiger charge is 2.68. The Morgan fingerprint density at radius 1 is 0.563 bits per heavy atom. The highest BCUT2D eigenvalue weighted by Crippen LogP contribution is 2.54. The molecule has 4 aromatic carbocycles. The largest absolute Gasteiger partial charge is 0.480 e. The third-order valence-electron chi connectivity index (χ3n) is 12.5. The van der Waals surface area contributed by atoms with Crippen LogP contribution in [0.2, 0.25) is 0 Å². The second-order valence-corrected chi connectivity index (χ2v) is 22.7. The van der Waals surface area contributed by atoms with E-state index in [1.165, 1.54) is 60.3 Å². The number of hydrogen-bond donors (Lipinski definition) is 6. The molecule has 0 radical (unpaired) electrons. The molecule has 0 saturated carbocycles. The van der Waals surface area contributed by atoms with Gasteiger partial charge in [-0.05, 0) is 87.4 Å². The molecule has 4 aliphatic rings. The van der Waals surface area contributed by atoms with E-state index in [0.29, 0.717) is 9.79 Å². The van der Waals surface area contributed by atoms with E-state index in [2.05, 4.69) is 10.6 Å². The highest BCUT2D eigenvalue weighted by atomic mass is 32.2. The van der Waals surface area contributed by atoms with Gasteiger partial charge in [0.25, 0.3) is 35.4 Å². The minimum atomic E-state index is -1.50. The zero-order valence-electron chi connectivity index (χ0n) is 38.2. The van der Waals surface area contributed by atoms with Crippen molar-refractivity contribution >= 4 is 94.7 Å². The molecule has 4 aromatic rings. The molecule has 4 heterocycles. The predicted octanol–water partition coefficient (Wildman–Crippen LogP) is 3.63. The van der Waals surface area contributed by atoms with Gasteiger partial charge in [0.05, 0.1) is 0 Å². The molecule has 4 fully saturated rings. The van der Waals surface area contributed by atoms with Gasteiger partial charge in [-0.3, -0.25) is 38.6 Å². The van der Waals surface area contributed by atoms with E-state index in [0.717, 1.165) is 43.1 Å². The van der Waals surface area contributed by atoms with Crippen molar-refractivity contribution in [2.24, 2.45) is 11.5 Å². The minimum absolute atomic E-state index is 0.0233. The normalized spacial score (nSPS) is 23.1. The Morgan fingerprint density at radius 3 is 1.18 bits per heavy atom. The van der Waals surface area contributed by atoms with Crippen LogP contribution in [0, 0.1) is 0 Å². The van der Waals surface area contributed by atoms with Crippen LogP contribution in [0.25, 0.3) is 0 Å². The smallest absolute Gasteiger partial charge is 0.327 e. The molecule has 20 nitrogen and oxygen atoms in total.